The summed E-state index contributed by atoms with van der Waals surface area (Å²) in [7, 11) is 1.52. The van der Waals surface area contributed by atoms with Crippen molar-refractivity contribution in [2.45, 2.75) is 19.4 Å². The number of carbonyl (C=O) groups excluding carboxylic acids is 1. The number of hydrogen-bond donors (Lipinski definition) is 0. The van der Waals surface area contributed by atoms with E-state index in [1.165, 1.54) is 19.5 Å². The number of nitrogens with zero attached hydrogens (tertiary/aromatic N) is 6. The van der Waals surface area contributed by atoms with Gasteiger partial charge in [-0.15, -0.1) is 0 Å². The van der Waals surface area contributed by atoms with E-state index in [9.17, 15) is 4.79 Å². The van der Waals surface area contributed by atoms with Crippen molar-refractivity contribution in [3.8, 4) is 5.75 Å². The molecule has 3 aromatic rings. The average Bonchev–Trinajstić information content (AvgIpc) is 3.05. The van der Waals surface area contributed by atoms with Crippen LogP contribution in [0.15, 0.2) is 18.7 Å². The van der Waals surface area contributed by atoms with Crippen LogP contribution in [-0.2, 0) is 6.42 Å². The number of rotatable bonds is 2. The van der Waals surface area contributed by atoms with Gasteiger partial charge in [-0.3, -0.25) is 9.20 Å². The first-order valence-electron chi connectivity index (χ1n) is 7.89. The normalized spacial score (nSPS) is 16.6. The molecule has 1 aliphatic heterocycles. The Morgan fingerprint density at radius 1 is 1.27 bits per heavy atom. The van der Waals surface area contributed by atoms with E-state index in [1.807, 2.05) is 6.92 Å². The fourth-order valence-corrected chi connectivity index (χ4v) is 3.46. The summed E-state index contributed by atoms with van der Waals surface area (Å²) in [6.45, 7) is 2.43. The molecular formula is C16H14Cl2N6O2. The Morgan fingerprint density at radius 2 is 2.00 bits per heavy atom. The van der Waals surface area contributed by atoms with Crippen LogP contribution in [0.5, 0.6) is 5.75 Å². The van der Waals surface area contributed by atoms with E-state index >= 15 is 0 Å². The van der Waals surface area contributed by atoms with Gasteiger partial charge in [-0.1, -0.05) is 23.2 Å². The van der Waals surface area contributed by atoms with Crippen LogP contribution in [-0.4, -0.2) is 48.8 Å². The number of amides is 1. The Morgan fingerprint density at radius 3 is 2.69 bits per heavy atom. The minimum atomic E-state index is -0.256. The van der Waals surface area contributed by atoms with Crippen LogP contribution in [0.3, 0.4) is 0 Å². The summed E-state index contributed by atoms with van der Waals surface area (Å²) < 4.78 is 6.81. The van der Waals surface area contributed by atoms with Crippen molar-refractivity contribution in [2.24, 2.45) is 0 Å². The molecule has 0 unspecified atom stereocenters. The lowest BCUT2D eigenvalue weighted by Gasteiger charge is -2.32. The molecule has 134 valence electrons. The van der Waals surface area contributed by atoms with E-state index in [1.54, 1.807) is 15.6 Å². The van der Waals surface area contributed by atoms with Crippen molar-refractivity contribution >= 4 is 34.8 Å². The molecule has 1 amide bonds. The van der Waals surface area contributed by atoms with E-state index in [-0.39, 0.29) is 22.9 Å². The summed E-state index contributed by atoms with van der Waals surface area (Å²) in [5.74, 6) is 0.359. The minimum absolute atomic E-state index is 0.120. The number of carbonyl (C=O) groups is 1. The van der Waals surface area contributed by atoms with Crippen molar-refractivity contribution in [2.75, 3.05) is 13.7 Å². The molecule has 26 heavy (non-hydrogen) atoms. The molecule has 8 nitrogen and oxygen atoms in total. The molecule has 0 aromatic carbocycles. The Labute approximate surface area is 158 Å². The molecule has 1 atom stereocenters. The van der Waals surface area contributed by atoms with Gasteiger partial charge in [0.05, 0.1) is 36.9 Å². The number of methoxy groups -OCH3 is 1. The Balaban J connectivity index is 1.72. The molecule has 0 saturated carbocycles. The van der Waals surface area contributed by atoms with Crippen molar-refractivity contribution in [3.63, 3.8) is 0 Å². The predicted molar refractivity (Wildman–Crippen MR) is 94.7 cm³/mol. The topological polar surface area (TPSA) is 85.5 Å². The highest BCUT2D eigenvalue weighted by atomic mass is 35.5. The lowest BCUT2D eigenvalue weighted by atomic mass is 10.0. The quantitative estimate of drug-likeness (QED) is 0.623. The van der Waals surface area contributed by atoms with E-state index < -0.39 is 0 Å². The van der Waals surface area contributed by atoms with Gasteiger partial charge in [0, 0.05) is 13.0 Å². The second kappa shape index (κ2) is 6.37. The van der Waals surface area contributed by atoms with Crippen LogP contribution in [0.4, 0.5) is 0 Å². The first-order chi connectivity index (χ1) is 12.5. The number of halogens is 2. The molecule has 0 spiro atoms. The van der Waals surface area contributed by atoms with Crippen LogP contribution < -0.4 is 4.74 Å². The monoisotopic (exact) mass is 392 g/mol. The summed E-state index contributed by atoms with van der Waals surface area (Å²) in [5, 5.41) is 0.501. The van der Waals surface area contributed by atoms with Gasteiger partial charge in [0.2, 0.25) is 5.82 Å². The smallest absolute Gasteiger partial charge is 0.292 e. The van der Waals surface area contributed by atoms with Crippen LogP contribution in [0.25, 0.3) is 5.65 Å². The molecule has 3 aromatic heterocycles. The van der Waals surface area contributed by atoms with Crippen LogP contribution >= 0.6 is 23.2 Å². The second-order valence-corrected chi connectivity index (χ2v) is 6.59. The molecular weight excluding hydrogens is 379 g/mol. The third-order valence-electron chi connectivity index (χ3n) is 4.46. The Kier molecular flexibility index (Phi) is 4.16. The van der Waals surface area contributed by atoms with Crippen molar-refractivity contribution in [1.29, 1.82) is 0 Å². The highest BCUT2D eigenvalue weighted by Crippen LogP contribution is 2.34. The third-order valence-corrected chi connectivity index (χ3v) is 5.19. The second-order valence-electron chi connectivity index (χ2n) is 5.86. The number of ether oxygens (including phenoxy) is 1. The molecule has 0 saturated heterocycles. The minimum Gasteiger partial charge on any atom is -0.494 e. The van der Waals surface area contributed by atoms with Crippen molar-refractivity contribution in [3.05, 3.63) is 46.1 Å². The van der Waals surface area contributed by atoms with Gasteiger partial charge < -0.3 is 9.64 Å². The third kappa shape index (κ3) is 2.57. The largest absolute Gasteiger partial charge is 0.494 e. The molecule has 4 heterocycles. The van der Waals surface area contributed by atoms with Crippen LogP contribution in [0.2, 0.25) is 10.2 Å². The standard InChI is InChI=1S/C16H14Cl2N6O2/c1-8-12-10(22-15-11(17)13(18)21-7-24(12)15)3-4-23(8)16(25)14-19-5-9(26-2)6-20-14/h5-8H,3-4H2,1-2H3/t8-/m0/s1. The SMILES string of the molecule is COc1cnc(C(=O)N2CCc3nc4c(Cl)c(Cl)ncn4c3[C@@H]2C)nc1. The van der Waals surface area contributed by atoms with E-state index in [0.717, 1.165) is 11.4 Å². The fraction of sp³-hybridized carbons (Fsp3) is 0.312. The lowest BCUT2D eigenvalue weighted by Crippen LogP contribution is -2.40. The van der Waals surface area contributed by atoms with Gasteiger partial charge in [-0.05, 0) is 6.92 Å². The summed E-state index contributed by atoms with van der Waals surface area (Å²) in [6.07, 6.45) is 5.11. The number of aromatic nitrogens is 5. The molecule has 1 aliphatic rings. The summed E-state index contributed by atoms with van der Waals surface area (Å²) in [6, 6.07) is -0.244. The van der Waals surface area contributed by atoms with Gasteiger partial charge in [0.15, 0.2) is 16.5 Å². The predicted octanol–water partition coefficient (Wildman–Crippen LogP) is 2.59. The maximum Gasteiger partial charge on any atom is 0.292 e. The Bertz CT molecular complexity index is 1000. The summed E-state index contributed by atoms with van der Waals surface area (Å²) in [4.78, 5) is 31.4. The highest BCUT2D eigenvalue weighted by Gasteiger charge is 2.33. The van der Waals surface area contributed by atoms with Crippen molar-refractivity contribution < 1.29 is 9.53 Å². The maximum absolute atomic E-state index is 12.9. The zero-order valence-electron chi connectivity index (χ0n) is 14.0. The molecule has 4 rings (SSSR count). The molecule has 0 N–H and O–H groups in total. The van der Waals surface area contributed by atoms with Crippen molar-refractivity contribution in [1.82, 2.24) is 29.2 Å². The zero-order chi connectivity index (χ0) is 18.4. The molecule has 0 fully saturated rings. The van der Waals surface area contributed by atoms with Crippen LogP contribution in [0.1, 0.15) is 35.0 Å². The molecule has 0 radical (unpaired) electrons. The average molecular weight is 393 g/mol. The first kappa shape index (κ1) is 17.0. The molecule has 10 heteroatoms. The molecule has 0 aliphatic carbocycles. The van der Waals surface area contributed by atoms with E-state index in [4.69, 9.17) is 27.9 Å². The number of hydrogen-bond acceptors (Lipinski definition) is 6. The summed E-state index contributed by atoms with van der Waals surface area (Å²) >= 11 is 12.2. The number of imidazole rings is 1. The zero-order valence-corrected chi connectivity index (χ0v) is 15.5. The number of fused-ring (bicyclic) bond motifs is 3. The van der Waals surface area contributed by atoms with Gasteiger partial charge in [-0.25, -0.2) is 19.9 Å². The van der Waals surface area contributed by atoms with Crippen LogP contribution in [0, 0.1) is 0 Å². The van der Waals surface area contributed by atoms with Gasteiger partial charge in [0.25, 0.3) is 5.91 Å². The van der Waals surface area contributed by atoms with Gasteiger partial charge in [-0.2, -0.15) is 0 Å². The van der Waals surface area contributed by atoms with E-state index in [2.05, 4.69) is 19.9 Å². The van der Waals surface area contributed by atoms with Gasteiger partial charge >= 0.3 is 0 Å². The van der Waals surface area contributed by atoms with Gasteiger partial charge in [0.1, 0.15) is 11.3 Å². The maximum atomic E-state index is 12.9. The highest BCUT2D eigenvalue weighted by molar-refractivity contribution is 6.43. The fourth-order valence-electron chi connectivity index (χ4n) is 3.15. The lowest BCUT2D eigenvalue weighted by molar-refractivity contribution is 0.0658. The molecule has 0 bridgehead atoms. The first-order valence-corrected chi connectivity index (χ1v) is 8.64. The Hall–Kier alpha value is -2.45. The summed E-state index contributed by atoms with van der Waals surface area (Å²) in [5.41, 5.74) is 2.28. The van der Waals surface area contributed by atoms with E-state index in [0.29, 0.717) is 29.4 Å².